The van der Waals surface area contributed by atoms with E-state index in [1.807, 2.05) is 19.9 Å². The summed E-state index contributed by atoms with van der Waals surface area (Å²) in [5.74, 6) is -2.06. The molecule has 0 radical (unpaired) electrons. The average Bonchev–Trinajstić information content (AvgIpc) is 2.78. The van der Waals surface area contributed by atoms with E-state index in [0.717, 1.165) is 5.57 Å². The molecule has 0 aromatic heterocycles. The van der Waals surface area contributed by atoms with Crippen molar-refractivity contribution < 1.29 is 32.9 Å². The molecule has 0 aliphatic rings. The Morgan fingerprint density at radius 2 is 1.61 bits per heavy atom. The molecule has 0 amide bonds. The molecule has 0 saturated carbocycles. The number of carboxylic acids is 1. The van der Waals surface area contributed by atoms with Crippen LogP contribution in [0.4, 0.5) is 8.78 Å². The van der Waals surface area contributed by atoms with E-state index < -0.39 is 17.6 Å². The van der Waals surface area contributed by atoms with Crippen LogP contribution in [-0.2, 0) is 0 Å². The zero-order valence-electron chi connectivity index (χ0n) is 18.7. The third-order valence-electron chi connectivity index (χ3n) is 4.99. The smallest absolute Gasteiger partial charge is 0.340 e. The predicted molar refractivity (Wildman–Crippen MR) is 122 cm³/mol. The highest BCUT2D eigenvalue weighted by Gasteiger charge is 2.27. The van der Waals surface area contributed by atoms with Crippen LogP contribution in [0.2, 0.25) is 0 Å². The Hall–Kier alpha value is -3.87. The fourth-order valence-electron chi connectivity index (χ4n) is 3.42. The number of aromatic carboxylic acids is 1. The second-order valence-electron chi connectivity index (χ2n) is 7.46. The van der Waals surface area contributed by atoms with Gasteiger partial charge in [0.05, 0.1) is 14.2 Å². The van der Waals surface area contributed by atoms with Crippen LogP contribution >= 0.6 is 0 Å². The van der Waals surface area contributed by atoms with Gasteiger partial charge in [-0.15, -0.1) is 0 Å². The van der Waals surface area contributed by atoms with Crippen molar-refractivity contribution in [2.45, 2.75) is 13.8 Å². The van der Waals surface area contributed by atoms with Crippen LogP contribution in [0.5, 0.6) is 17.2 Å². The van der Waals surface area contributed by atoms with Crippen molar-refractivity contribution in [1.82, 2.24) is 0 Å². The maximum Gasteiger partial charge on any atom is 0.340 e. The molecule has 0 heterocycles. The summed E-state index contributed by atoms with van der Waals surface area (Å²) < 4.78 is 44.6. The van der Waals surface area contributed by atoms with Gasteiger partial charge in [-0.1, -0.05) is 23.8 Å². The summed E-state index contributed by atoms with van der Waals surface area (Å²) in [6.07, 6.45) is 1.82. The highest BCUT2D eigenvalue weighted by molar-refractivity contribution is 6.04. The van der Waals surface area contributed by atoms with Crippen molar-refractivity contribution in [2.24, 2.45) is 0 Å². The second kappa shape index (κ2) is 10.2. The Labute approximate surface area is 190 Å². The van der Waals surface area contributed by atoms with E-state index in [2.05, 4.69) is 0 Å². The zero-order chi connectivity index (χ0) is 24.1. The van der Waals surface area contributed by atoms with Gasteiger partial charge >= 0.3 is 5.97 Å². The van der Waals surface area contributed by atoms with Crippen molar-refractivity contribution in [3.63, 3.8) is 0 Å². The molecule has 0 atom stereocenters. The summed E-state index contributed by atoms with van der Waals surface area (Å²) >= 11 is 0. The first kappa shape index (κ1) is 23.8. The lowest BCUT2D eigenvalue weighted by atomic mass is 9.92. The topological polar surface area (TPSA) is 65.0 Å². The molecule has 5 nitrogen and oxygen atoms in total. The Morgan fingerprint density at radius 1 is 0.939 bits per heavy atom. The quantitative estimate of drug-likeness (QED) is 0.401. The third kappa shape index (κ3) is 5.14. The highest BCUT2D eigenvalue weighted by atomic mass is 19.1. The number of hydrogen-bond acceptors (Lipinski definition) is 4. The molecule has 3 aromatic carbocycles. The number of allylic oxidation sites excluding steroid dienone is 1. The van der Waals surface area contributed by atoms with Crippen molar-refractivity contribution >= 4 is 5.97 Å². The summed E-state index contributed by atoms with van der Waals surface area (Å²) in [5.41, 5.74) is 2.21. The van der Waals surface area contributed by atoms with Crippen LogP contribution < -0.4 is 14.2 Å². The first-order valence-electron chi connectivity index (χ1n) is 10.1. The minimum Gasteiger partial charge on any atom is -0.496 e. The maximum absolute atomic E-state index is 14.8. The summed E-state index contributed by atoms with van der Waals surface area (Å²) in [6, 6.07) is 11.3. The van der Waals surface area contributed by atoms with E-state index in [-0.39, 0.29) is 40.5 Å². The molecule has 172 valence electrons. The molecule has 3 rings (SSSR count). The van der Waals surface area contributed by atoms with Gasteiger partial charge in [0.1, 0.15) is 29.5 Å². The average molecular weight is 454 g/mol. The van der Waals surface area contributed by atoms with E-state index in [4.69, 9.17) is 14.2 Å². The van der Waals surface area contributed by atoms with Crippen molar-refractivity contribution in [1.29, 1.82) is 0 Å². The number of carboxylic acid groups (broad SMARTS) is 1. The molecule has 0 aliphatic heterocycles. The van der Waals surface area contributed by atoms with Gasteiger partial charge in [0.25, 0.3) is 0 Å². The normalized spacial score (nSPS) is 10.5. The minimum atomic E-state index is -1.28. The molecular weight excluding hydrogens is 430 g/mol. The Balaban J connectivity index is 2.19. The molecule has 3 aromatic rings. The molecule has 33 heavy (non-hydrogen) atoms. The van der Waals surface area contributed by atoms with Crippen LogP contribution in [0.3, 0.4) is 0 Å². The third-order valence-corrected chi connectivity index (χ3v) is 4.99. The van der Waals surface area contributed by atoms with Crippen LogP contribution in [0.25, 0.3) is 22.3 Å². The molecule has 0 aliphatic carbocycles. The fourth-order valence-corrected chi connectivity index (χ4v) is 3.42. The zero-order valence-corrected chi connectivity index (χ0v) is 18.7. The lowest BCUT2D eigenvalue weighted by Gasteiger charge is -2.19. The SMILES string of the molecule is COc1cc(-c2ccc(F)cc2)c(OC)c(C(=O)O)c1-c1ccc(OCC=C(C)C)c(F)c1. The summed E-state index contributed by atoms with van der Waals surface area (Å²) in [4.78, 5) is 12.3. The first-order chi connectivity index (χ1) is 15.8. The lowest BCUT2D eigenvalue weighted by molar-refractivity contribution is 0.0694. The van der Waals surface area contributed by atoms with E-state index in [0.29, 0.717) is 11.1 Å². The Kier molecular flexibility index (Phi) is 7.33. The van der Waals surface area contributed by atoms with Gasteiger partial charge in [-0.2, -0.15) is 0 Å². The minimum absolute atomic E-state index is 0.0435. The molecule has 0 spiro atoms. The van der Waals surface area contributed by atoms with Gasteiger partial charge in [-0.3, -0.25) is 0 Å². The van der Waals surface area contributed by atoms with E-state index in [1.54, 1.807) is 12.1 Å². The number of rotatable bonds is 8. The maximum atomic E-state index is 14.8. The van der Waals surface area contributed by atoms with Crippen LogP contribution in [0.1, 0.15) is 24.2 Å². The monoisotopic (exact) mass is 454 g/mol. The van der Waals surface area contributed by atoms with Gasteiger partial charge in [0.2, 0.25) is 0 Å². The number of methoxy groups -OCH3 is 2. The molecule has 0 unspecified atom stereocenters. The first-order valence-corrected chi connectivity index (χ1v) is 10.1. The number of ether oxygens (including phenoxy) is 3. The molecule has 1 N–H and O–H groups in total. The molecule has 0 bridgehead atoms. The summed E-state index contributed by atoms with van der Waals surface area (Å²) in [7, 11) is 2.73. The number of halogens is 2. The van der Waals surface area contributed by atoms with Crippen LogP contribution in [0.15, 0.2) is 60.2 Å². The number of hydrogen-bond donors (Lipinski definition) is 1. The van der Waals surface area contributed by atoms with Gasteiger partial charge in [-0.05, 0) is 61.4 Å². The highest BCUT2D eigenvalue weighted by Crippen LogP contribution is 2.45. The van der Waals surface area contributed by atoms with Crippen molar-refractivity contribution in [3.05, 3.63) is 77.4 Å². The largest absolute Gasteiger partial charge is 0.496 e. The fraction of sp³-hybridized carbons (Fsp3) is 0.192. The van der Waals surface area contributed by atoms with Crippen LogP contribution in [0, 0.1) is 11.6 Å². The summed E-state index contributed by atoms with van der Waals surface area (Å²) in [6.45, 7) is 4.03. The van der Waals surface area contributed by atoms with Gasteiger partial charge in [0.15, 0.2) is 11.6 Å². The molecular formula is C26H24F2O5. The number of benzene rings is 3. The Bertz CT molecular complexity index is 1200. The Morgan fingerprint density at radius 3 is 2.15 bits per heavy atom. The van der Waals surface area contributed by atoms with E-state index in [1.165, 1.54) is 50.6 Å². The van der Waals surface area contributed by atoms with Crippen molar-refractivity contribution in [3.8, 4) is 39.5 Å². The molecule has 0 fully saturated rings. The molecule has 0 saturated heterocycles. The predicted octanol–water partition coefficient (Wildman–Crippen LogP) is 6.36. The second-order valence-corrected chi connectivity index (χ2v) is 7.46. The molecule has 7 heteroatoms. The van der Waals surface area contributed by atoms with Gasteiger partial charge in [0, 0.05) is 11.1 Å². The standard InChI is InChI=1S/C26H24F2O5/c1-15(2)11-12-33-21-10-7-17(13-20(21)28)23-22(31-3)14-19(16-5-8-18(27)9-6-16)25(32-4)24(23)26(29)30/h5-11,13-14H,12H2,1-4H3,(H,29,30). The van der Waals surface area contributed by atoms with E-state index in [9.17, 15) is 18.7 Å². The van der Waals surface area contributed by atoms with Gasteiger partial charge < -0.3 is 19.3 Å². The van der Waals surface area contributed by atoms with Gasteiger partial charge in [-0.25, -0.2) is 13.6 Å². The van der Waals surface area contributed by atoms with Crippen LogP contribution in [-0.4, -0.2) is 31.9 Å². The van der Waals surface area contributed by atoms with Crippen molar-refractivity contribution in [2.75, 3.05) is 20.8 Å². The lowest BCUT2D eigenvalue weighted by Crippen LogP contribution is -2.07. The number of carbonyl (C=O) groups is 1. The van der Waals surface area contributed by atoms with E-state index >= 15 is 0 Å². The summed E-state index contributed by atoms with van der Waals surface area (Å²) in [5, 5.41) is 10.0.